The van der Waals surface area contributed by atoms with Gasteiger partial charge in [-0.1, -0.05) is 30.3 Å². The van der Waals surface area contributed by atoms with Crippen molar-refractivity contribution in [2.75, 3.05) is 7.11 Å². The minimum Gasteiger partial charge on any atom is -0.504 e. The molecule has 0 saturated carbocycles. The van der Waals surface area contributed by atoms with Crippen molar-refractivity contribution in [3.8, 4) is 51.3 Å². The van der Waals surface area contributed by atoms with Gasteiger partial charge in [0.15, 0.2) is 17.3 Å². The van der Waals surface area contributed by atoms with Crippen molar-refractivity contribution < 1.29 is 19.4 Å². The molecule has 2 aromatic carbocycles. The second kappa shape index (κ2) is 7.20. The van der Waals surface area contributed by atoms with E-state index < -0.39 is 11.2 Å². The Hall–Kier alpha value is -4.00. The van der Waals surface area contributed by atoms with E-state index in [4.69, 9.17) is 9.15 Å². The van der Waals surface area contributed by atoms with Crippen molar-refractivity contribution in [3.05, 3.63) is 70.6 Å². The Morgan fingerprint density at radius 3 is 2.48 bits per heavy atom. The van der Waals surface area contributed by atoms with Gasteiger partial charge in [0.25, 0.3) is 0 Å². The summed E-state index contributed by atoms with van der Waals surface area (Å²) in [5.41, 5.74) is 1.69. The first-order chi connectivity index (χ1) is 14.0. The van der Waals surface area contributed by atoms with Gasteiger partial charge in [0.2, 0.25) is 11.2 Å². The summed E-state index contributed by atoms with van der Waals surface area (Å²) in [5, 5.41) is 20.4. The van der Waals surface area contributed by atoms with E-state index in [1.807, 2.05) is 30.3 Å². The lowest BCUT2D eigenvalue weighted by molar-refractivity contribution is 0.373. The lowest BCUT2D eigenvalue weighted by atomic mass is 10.1. The maximum Gasteiger partial charge on any atom is 0.227 e. The van der Waals surface area contributed by atoms with Crippen LogP contribution in [0, 0.1) is 6.92 Å². The minimum atomic E-state index is -0.541. The van der Waals surface area contributed by atoms with Gasteiger partial charge in [0.05, 0.1) is 7.11 Å². The van der Waals surface area contributed by atoms with Crippen molar-refractivity contribution in [2.24, 2.45) is 0 Å². The van der Waals surface area contributed by atoms with Crippen LogP contribution in [0.5, 0.6) is 17.2 Å². The van der Waals surface area contributed by atoms with Gasteiger partial charge in [0, 0.05) is 17.2 Å². The van der Waals surface area contributed by atoms with Gasteiger partial charge in [-0.2, -0.15) is 0 Å². The van der Waals surface area contributed by atoms with Gasteiger partial charge in [-0.3, -0.25) is 4.79 Å². The molecule has 2 heterocycles. The first-order valence-electron chi connectivity index (χ1n) is 8.85. The van der Waals surface area contributed by atoms with Crippen LogP contribution in [0.1, 0.15) is 5.76 Å². The van der Waals surface area contributed by atoms with Crippen molar-refractivity contribution in [1.29, 1.82) is 0 Å². The number of phenols is 1. The number of hydrogen-bond acceptors (Lipinski definition) is 6. The lowest BCUT2D eigenvalue weighted by Crippen LogP contribution is -2.01. The van der Waals surface area contributed by atoms with Gasteiger partial charge < -0.3 is 24.4 Å². The highest BCUT2D eigenvalue weighted by Gasteiger charge is 2.22. The number of methoxy groups -OCH3 is 1. The van der Waals surface area contributed by atoms with E-state index in [0.717, 1.165) is 5.56 Å². The Morgan fingerprint density at radius 1 is 1.03 bits per heavy atom. The third kappa shape index (κ3) is 3.34. The molecule has 7 heteroatoms. The highest BCUT2D eigenvalue weighted by molar-refractivity contribution is 5.81. The molecule has 0 spiro atoms. The molecule has 0 radical (unpaired) electrons. The van der Waals surface area contributed by atoms with Crippen LogP contribution in [0.3, 0.4) is 0 Å². The highest BCUT2D eigenvalue weighted by atomic mass is 16.5. The zero-order valence-electron chi connectivity index (χ0n) is 15.8. The SMILES string of the molecule is COc1ccc(-c2nc(-c3ccccc3)c(-c3oc(C)cc(=O)c3O)[nH]2)cc1O. The number of rotatable bonds is 4. The summed E-state index contributed by atoms with van der Waals surface area (Å²) < 4.78 is 10.7. The molecule has 0 saturated heterocycles. The molecular weight excluding hydrogens is 372 g/mol. The summed E-state index contributed by atoms with van der Waals surface area (Å²) in [5.74, 6) is 0.603. The molecule has 7 nitrogen and oxygen atoms in total. The predicted octanol–water partition coefficient (Wildman–Crippen LogP) is 4.09. The molecule has 4 rings (SSSR count). The number of nitrogens with zero attached hydrogens (tertiary/aromatic N) is 1. The second-order valence-electron chi connectivity index (χ2n) is 6.46. The molecule has 0 atom stereocenters. The number of ether oxygens (including phenoxy) is 1. The number of benzene rings is 2. The average Bonchev–Trinajstić information content (AvgIpc) is 3.16. The highest BCUT2D eigenvalue weighted by Crippen LogP contribution is 2.37. The van der Waals surface area contributed by atoms with E-state index in [1.165, 1.54) is 19.2 Å². The normalized spacial score (nSPS) is 10.8. The number of imidazole rings is 1. The third-order valence-electron chi connectivity index (χ3n) is 4.48. The van der Waals surface area contributed by atoms with Crippen LogP contribution >= 0.6 is 0 Å². The van der Waals surface area contributed by atoms with Crippen LogP contribution in [-0.4, -0.2) is 27.3 Å². The molecule has 0 aliphatic rings. The average molecular weight is 390 g/mol. The van der Waals surface area contributed by atoms with Gasteiger partial charge in [-0.15, -0.1) is 0 Å². The summed E-state index contributed by atoms with van der Waals surface area (Å²) in [6.07, 6.45) is 0. The molecule has 2 aromatic heterocycles. The summed E-state index contributed by atoms with van der Waals surface area (Å²) in [4.78, 5) is 19.8. The monoisotopic (exact) mass is 390 g/mol. The summed E-state index contributed by atoms with van der Waals surface area (Å²) in [6, 6.07) is 15.4. The molecule has 0 bridgehead atoms. The Morgan fingerprint density at radius 2 is 1.79 bits per heavy atom. The van der Waals surface area contributed by atoms with E-state index in [1.54, 1.807) is 19.1 Å². The quantitative estimate of drug-likeness (QED) is 0.484. The zero-order valence-corrected chi connectivity index (χ0v) is 15.8. The van der Waals surface area contributed by atoms with E-state index >= 15 is 0 Å². The summed E-state index contributed by atoms with van der Waals surface area (Å²) >= 11 is 0. The van der Waals surface area contributed by atoms with Crippen molar-refractivity contribution in [3.63, 3.8) is 0 Å². The molecule has 0 fully saturated rings. The fourth-order valence-corrected chi connectivity index (χ4v) is 3.09. The Kier molecular flexibility index (Phi) is 4.56. The maximum atomic E-state index is 12.1. The van der Waals surface area contributed by atoms with Crippen molar-refractivity contribution in [1.82, 2.24) is 9.97 Å². The van der Waals surface area contributed by atoms with Gasteiger partial charge >= 0.3 is 0 Å². The Balaban J connectivity index is 1.96. The molecule has 29 heavy (non-hydrogen) atoms. The molecule has 146 valence electrons. The van der Waals surface area contributed by atoms with Crippen LogP contribution in [0.4, 0.5) is 0 Å². The van der Waals surface area contributed by atoms with Crippen LogP contribution in [0.25, 0.3) is 34.1 Å². The number of aromatic hydroxyl groups is 2. The van der Waals surface area contributed by atoms with Crippen LogP contribution in [-0.2, 0) is 0 Å². The fraction of sp³-hybridized carbons (Fsp3) is 0.0909. The third-order valence-corrected chi connectivity index (χ3v) is 4.48. The number of nitrogens with one attached hydrogen (secondary N) is 1. The van der Waals surface area contributed by atoms with Gasteiger partial charge in [-0.05, 0) is 25.1 Å². The fourth-order valence-electron chi connectivity index (χ4n) is 3.09. The first kappa shape index (κ1) is 18.4. The summed E-state index contributed by atoms with van der Waals surface area (Å²) in [6.45, 7) is 1.63. The topological polar surface area (TPSA) is 109 Å². The largest absolute Gasteiger partial charge is 0.504 e. The number of hydrogen-bond donors (Lipinski definition) is 3. The van der Waals surface area contributed by atoms with Gasteiger partial charge in [0.1, 0.15) is 23.0 Å². The van der Waals surface area contributed by atoms with Crippen molar-refractivity contribution >= 4 is 0 Å². The van der Waals surface area contributed by atoms with E-state index in [2.05, 4.69) is 9.97 Å². The first-order valence-corrected chi connectivity index (χ1v) is 8.85. The number of phenolic OH excluding ortho intramolecular Hbond substituents is 1. The van der Waals surface area contributed by atoms with Crippen molar-refractivity contribution in [2.45, 2.75) is 6.92 Å². The number of H-pyrrole nitrogens is 1. The summed E-state index contributed by atoms with van der Waals surface area (Å²) in [7, 11) is 1.47. The maximum absolute atomic E-state index is 12.1. The molecule has 0 amide bonds. The number of aryl methyl sites for hydroxylation is 1. The molecule has 3 N–H and O–H groups in total. The molecule has 0 unspecified atom stereocenters. The molecule has 0 aliphatic carbocycles. The lowest BCUT2D eigenvalue weighted by Gasteiger charge is -2.05. The Labute approximate surface area is 165 Å². The molecule has 0 aliphatic heterocycles. The van der Waals surface area contributed by atoms with Crippen LogP contribution in [0.2, 0.25) is 0 Å². The van der Waals surface area contributed by atoms with Crippen LogP contribution in [0.15, 0.2) is 63.8 Å². The smallest absolute Gasteiger partial charge is 0.227 e. The Bertz CT molecular complexity index is 1240. The van der Waals surface area contributed by atoms with Gasteiger partial charge in [-0.25, -0.2) is 4.98 Å². The number of aromatic nitrogens is 2. The molecule has 4 aromatic rings. The zero-order chi connectivity index (χ0) is 20.5. The van der Waals surface area contributed by atoms with Crippen LogP contribution < -0.4 is 10.2 Å². The predicted molar refractivity (Wildman–Crippen MR) is 108 cm³/mol. The van der Waals surface area contributed by atoms with E-state index in [-0.39, 0.29) is 11.5 Å². The minimum absolute atomic E-state index is 0.00494. The molecular formula is C22H18N2O5. The van der Waals surface area contributed by atoms with E-state index in [9.17, 15) is 15.0 Å². The van der Waals surface area contributed by atoms with E-state index in [0.29, 0.717) is 34.3 Å². The standard InChI is InChI=1S/C22H18N2O5/c1-12-10-16(26)20(27)21(29-12)19-18(13-6-4-3-5-7-13)23-22(24-19)14-8-9-17(28-2)15(25)11-14/h3-11,25,27H,1-2H3,(H,23,24). The second-order valence-corrected chi connectivity index (χ2v) is 6.46. The number of aromatic amines is 1.